The van der Waals surface area contributed by atoms with E-state index in [4.69, 9.17) is 11.6 Å². The number of benzene rings is 2. The minimum atomic E-state index is -0.179. The summed E-state index contributed by atoms with van der Waals surface area (Å²) in [6.45, 7) is 2.24. The first-order valence-corrected chi connectivity index (χ1v) is 9.82. The normalized spacial score (nSPS) is 14.8. The lowest BCUT2D eigenvalue weighted by atomic mass is 10.0. The fourth-order valence-electron chi connectivity index (χ4n) is 3.11. The number of piperidine rings is 1. The molecule has 26 heavy (non-hydrogen) atoms. The van der Waals surface area contributed by atoms with Gasteiger partial charge in [0.05, 0.1) is 12.2 Å². The summed E-state index contributed by atoms with van der Waals surface area (Å²) in [7, 11) is 0. The van der Waals surface area contributed by atoms with Crippen LogP contribution in [0.1, 0.15) is 35.2 Å². The second-order valence-corrected chi connectivity index (χ2v) is 7.77. The number of nitrogens with one attached hydrogen (secondary N) is 1. The maximum Gasteiger partial charge on any atom is 0.238 e. The Hall–Kier alpha value is -1.69. The van der Waals surface area contributed by atoms with E-state index in [-0.39, 0.29) is 11.7 Å². The molecule has 1 aliphatic rings. The molecule has 3 rings (SSSR count). The average Bonchev–Trinajstić information content (AvgIpc) is 2.63. The molecule has 0 bridgehead atoms. The lowest BCUT2D eigenvalue weighted by molar-refractivity contribution is -0.117. The Morgan fingerprint density at radius 2 is 1.85 bits per heavy atom. The predicted molar refractivity (Wildman–Crippen MR) is 108 cm³/mol. The van der Waals surface area contributed by atoms with Crippen LogP contribution in [-0.4, -0.2) is 36.2 Å². The van der Waals surface area contributed by atoms with Crippen molar-refractivity contribution in [2.75, 3.05) is 25.0 Å². The zero-order valence-corrected chi connectivity index (χ0v) is 16.6. The van der Waals surface area contributed by atoms with Gasteiger partial charge in [-0.05, 0) is 56.3 Å². The molecule has 1 aliphatic heterocycles. The molecule has 1 fully saturated rings. The molecule has 0 aliphatic carbocycles. The Kier molecular flexibility index (Phi) is 6.46. The molecule has 0 spiro atoms. The number of hydrogen-bond acceptors (Lipinski definition) is 3. The smallest absolute Gasteiger partial charge is 0.238 e. The monoisotopic (exact) mass is 434 g/mol. The Morgan fingerprint density at radius 1 is 1.08 bits per heavy atom. The molecule has 0 atom stereocenters. The highest BCUT2D eigenvalue weighted by Crippen LogP contribution is 2.25. The van der Waals surface area contributed by atoms with Crippen LogP contribution in [0.4, 0.5) is 5.69 Å². The van der Waals surface area contributed by atoms with Crippen molar-refractivity contribution in [1.29, 1.82) is 0 Å². The average molecular weight is 436 g/mol. The second kappa shape index (κ2) is 8.80. The van der Waals surface area contributed by atoms with Crippen molar-refractivity contribution >= 4 is 44.9 Å². The van der Waals surface area contributed by atoms with Crippen LogP contribution in [-0.2, 0) is 4.79 Å². The quantitative estimate of drug-likeness (QED) is 0.689. The van der Waals surface area contributed by atoms with Crippen LogP contribution in [0.5, 0.6) is 0 Å². The van der Waals surface area contributed by atoms with Crippen molar-refractivity contribution in [1.82, 2.24) is 4.90 Å². The van der Waals surface area contributed by atoms with Gasteiger partial charge in [0.15, 0.2) is 5.78 Å². The summed E-state index contributed by atoms with van der Waals surface area (Å²) in [5.74, 6) is -0.281. The Morgan fingerprint density at radius 3 is 2.58 bits per heavy atom. The molecule has 2 aromatic rings. The van der Waals surface area contributed by atoms with Crippen LogP contribution in [0, 0.1) is 0 Å². The van der Waals surface area contributed by atoms with Crippen LogP contribution < -0.4 is 5.32 Å². The van der Waals surface area contributed by atoms with Crippen LogP contribution in [0.3, 0.4) is 0 Å². The van der Waals surface area contributed by atoms with Gasteiger partial charge in [-0.15, -0.1) is 0 Å². The van der Waals surface area contributed by atoms with Crippen molar-refractivity contribution < 1.29 is 9.59 Å². The van der Waals surface area contributed by atoms with E-state index in [1.807, 2.05) is 6.07 Å². The standard InChI is InChI=1S/C20H20BrClN2O2/c21-15-7-8-18(23-19(25)13-24-9-2-1-3-10-24)17(12-15)20(26)14-5-4-6-16(22)11-14/h4-8,11-12H,1-3,9-10,13H2,(H,23,25). The van der Waals surface area contributed by atoms with Crippen molar-refractivity contribution in [3.63, 3.8) is 0 Å². The number of ketones is 1. The number of carbonyl (C=O) groups is 2. The zero-order chi connectivity index (χ0) is 18.5. The van der Waals surface area contributed by atoms with E-state index in [1.165, 1.54) is 6.42 Å². The van der Waals surface area contributed by atoms with E-state index in [2.05, 4.69) is 26.1 Å². The van der Waals surface area contributed by atoms with E-state index >= 15 is 0 Å². The molecule has 1 N–H and O–H groups in total. The molecular weight excluding hydrogens is 416 g/mol. The van der Waals surface area contributed by atoms with Crippen molar-refractivity contribution in [2.24, 2.45) is 0 Å². The number of anilines is 1. The number of rotatable bonds is 5. The maximum absolute atomic E-state index is 12.9. The van der Waals surface area contributed by atoms with E-state index < -0.39 is 0 Å². The molecule has 4 nitrogen and oxygen atoms in total. The van der Waals surface area contributed by atoms with Crippen molar-refractivity contribution in [3.05, 3.63) is 63.1 Å². The lowest BCUT2D eigenvalue weighted by Crippen LogP contribution is -2.37. The number of hydrogen-bond donors (Lipinski definition) is 1. The summed E-state index contributed by atoms with van der Waals surface area (Å²) in [4.78, 5) is 27.5. The summed E-state index contributed by atoms with van der Waals surface area (Å²) >= 11 is 9.40. The molecule has 1 saturated heterocycles. The summed E-state index contributed by atoms with van der Waals surface area (Å²) < 4.78 is 0.775. The minimum Gasteiger partial charge on any atom is -0.324 e. The van der Waals surface area contributed by atoms with Gasteiger partial charge in [0.1, 0.15) is 0 Å². The number of amides is 1. The molecule has 0 saturated carbocycles. The number of halogens is 2. The molecule has 1 heterocycles. The molecule has 136 valence electrons. The third kappa shape index (κ3) is 4.93. The van der Waals surface area contributed by atoms with E-state index in [9.17, 15) is 9.59 Å². The summed E-state index contributed by atoms with van der Waals surface area (Å²) in [5, 5.41) is 3.40. The van der Waals surface area contributed by atoms with Gasteiger partial charge in [0.2, 0.25) is 5.91 Å². The largest absolute Gasteiger partial charge is 0.324 e. The predicted octanol–water partition coefficient (Wildman–Crippen LogP) is 4.76. The molecule has 1 amide bonds. The number of likely N-dealkylation sites (tertiary alicyclic amines) is 1. The van der Waals surface area contributed by atoms with Gasteiger partial charge in [-0.3, -0.25) is 14.5 Å². The van der Waals surface area contributed by atoms with Gasteiger partial charge < -0.3 is 5.32 Å². The fraction of sp³-hybridized carbons (Fsp3) is 0.300. The first kappa shape index (κ1) is 19.1. The second-order valence-electron chi connectivity index (χ2n) is 6.41. The maximum atomic E-state index is 12.9. The van der Waals surface area contributed by atoms with Crippen molar-refractivity contribution in [3.8, 4) is 0 Å². The summed E-state index contributed by atoms with van der Waals surface area (Å²) in [6.07, 6.45) is 3.48. The third-order valence-electron chi connectivity index (χ3n) is 4.40. The summed E-state index contributed by atoms with van der Waals surface area (Å²) in [5.41, 5.74) is 1.44. The van der Waals surface area contributed by atoms with Gasteiger partial charge in [-0.2, -0.15) is 0 Å². The number of carbonyl (C=O) groups excluding carboxylic acids is 2. The van der Waals surface area contributed by atoms with Gasteiger partial charge >= 0.3 is 0 Å². The van der Waals surface area contributed by atoms with Gasteiger partial charge in [0.25, 0.3) is 0 Å². The van der Waals surface area contributed by atoms with Crippen LogP contribution >= 0.6 is 27.5 Å². The number of nitrogens with zero attached hydrogens (tertiary/aromatic N) is 1. The first-order chi connectivity index (χ1) is 12.5. The Bertz CT molecular complexity index is 819. The van der Waals surface area contributed by atoms with Crippen molar-refractivity contribution in [2.45, 2.75) is 19.3 Å². The molecular formula is C20H20BrClN2O2. The third-order valence-corrected chi connectivity index (χ3v) is 5.13. The van der Waals surface area contributed by atoms with Crippen LogP contribution in [0.15, 0.2) is 46.9 Å². The minimum absolute atomic E-state index is 0.102. The zero-order valence-electron chi connectivity index (χ0n) is 14.3. The fourth-order valence-corrected chi connectivity index (χ4v) is 3.66. The first-order valence-electron chi connectivity index (χ1n) is 8.65. The SMILES string of the molecule is O=C(CN1CCCCC1)Nc1ccc(Br)cc1C(=O)c1cccc(Cl)c1. The molecule has 0 aromatic heterocycles. The van der Waals surface area contributed by atoms with Crippen LogP contribution in [0.2, 0.25) is 5.02 Å². The van der Waals surface area contributed by atoms with Crippen LogP contribution in [0.25, 0.3) is 0 Å². The van der Waals surface area contributed by atoms with Gasteiger partial charge in [-0.25, -0.2) is 0 Å². The highest BCUT2D eigenvalue weighted by Gasteiger charge is 2.18. The Labute approximate surface area is 166 Å². The van der Waals surface area contributed by atoms with E-state index in [0.717, 1.165) is 30.4 Å². The van der Waals surface area contributed by atoms with Gasteiger partial charge in [0, 0.05) is 20.6 Å². The summed E-state index contributed by atoms with van der Waals surface area (Å²) in [6, 6.07) is 12.1. The van der Waals surface area contributed by atoms with E-state index in [0.29, 0.717) is 28.4 Å². The lowest BCUT2D eigenvalue weighted by Gasteiger charge is -2.25. The van der Waals surface area contributed by atoms with E-state index in [1.54, 1.807) is 36.4 Å². The molecule has 0 unspecified atom stereocenters. The molecule has 0 radical (unpaired) electrons. The Balaban J connectivity index is 1.79. The topological polar surface area (TPSA) is 49.4 Å². The molecule has 2 aromatic carbocycles. The van der Waals surface area contributed by atoms with Gasteiger partial charge in [-0.1, -0.05) is 46.1 Å². The highest BCUT2D eigenvalue weighted by atomic mass is 79.9. The highest BCUT2D eigenvalue weighted by molar-refractivity contribution is 9.10. The molecule has 6 heteroatoms.